The van der Waals surface area contributed by atoms with Crippen LogP contribution in [0.5, 0.6) is 0 Å². The van der Waals surface area contributed by atoms with Crippen molar-refractivity contribution in [2.24, 2.45) is 0 Å². The summed E-state index contributed by atoms with van der Waals surface area (Å²) in [6.07, 6.45) is 0. The van der Waals surface area contributed by atoms with Crippen molar-refractivity contribution in [1.82, 2.24) is 5.32 Å². The minimum Gasteiger partial charge on any atom is -0.350 e. The Morgan fingerprint density at radius 1 is 1.26 bits per heavy atom. The molecule has 19 heavy (non-hydrogen) atoms. The number of amides is 1. The molecule has 0 saturated carbocycles. The predicted octanol–water partition coefficient (Wildman–Crippen LogP) is 3.67. The normalized spacial score (nSPS) is 14.3. The molecule has 0 saturated heterocycles. The molecule has 1 aromatic rings. The number of carbonyl (C=O) groups is 1. The highest BCUT2D eigenvalue weighted by molar-refractivity contribution is 9.12. The van der Waals surface area contributed by atoms with Gasteiger partial charge in [-0.2, -0.15) is 5.26 Å². The van der Waals surface area contributed by atoms with Crippen molar-refractivity contribution in [1.29, 1.82) is 5.26 Å². The molecule has 0 heterocycles. The maximum atomic E-state index is 12.1. The fourth-order valence-electron chi connectivity index (χ4n) is 1.48. The van der Waals surface area contributed by atoms with Gasteiger partial charge < -0.3 is 5.32 Å². The van der Waals surface area contributed by atoms with Gasteiger partial charge in [0.1, 0.15) is 4.83 Å². The number of nitrogens with one attached hydrogen (secondary N) is 1. The molecule has 3 nitrogen and oxygen atoms in total. The predicted molar refractivity (Wildman–Crippen MR) is 83.4 cm³/mol. The molecule has 0 unspecified atom stereocenters. The van der Waals surface area contributed by atoms with E-state index in [1.54, 1.807) is 12.1 Å². The van der Waals surface area contributed by atoms with Crippen molar-refractivity contribution in [2.75, 3.05) is 0 Å². The summed E-state index contributed by atoms with van der Waals surface area (Å²) < 4.78 is 0. The molecule has 1 amide bonds. The van der Waals surface area contributed by atoms with Crippen molar-refractivity contribution in [2.45, 2.75) is 36.0 Å². The summed E-state index contributed by atoms with van der Waals surface area (Å²) in [5.41, 5.74) is 1.29. The van der Waals surface area contributed by atoms with Crippen LogP contribution >= 0.6 is 31.9 Å². The van der Waals surface area contributed by atoms with E-state index in [9.17, 15) is 4.79 Å². The molecule has 0 aliphatic heterocycles. The van der Waals surface area contributed by atoms with E-state index in [1.165, 1.54) is 0 Å². The maximum Gasteiger partial charge on any atom is 0.235 e. The second kappa shape index (κ2) is 6.53. The fourth-order valence-corrected chi connectivity index (χ4v) is 2.45. The number of carbonyl (C=O) groups excluding carboxylic acids is 1. The van der Waals surface area contributed by atoms with Crippen molar-refractivity contribution >= 4 is 37.8 Å². The van der Waals surface area contributed by atoms with Gasteiger partial charge in [0.15, 0.2) is 0 Å². The number of halogens is 2. The molecule has 0 aliphatic rings. The van der Waals surface area contributed by atoms with Crippen molar-refractivity contribution in [3.05, 3.63) is 35.4 Å². The van der Waals surface area contributed by atoms with Gasteiger partial charge in [0, 0.05) is 5.54 Å². The number of hydrogen-bond donors (Lipinski definition) is 1. The lowest BCUT2D eigenvalue weighted by atomic mass is 10.1. The third-order valence-corrected chi connectivity index (χ3v) is 5.08. The van der Waals surface area contributed by atoms with Gasteiger partial charge in [0.2, 0.25) is 5.91 Å². The van der Waals surface area contributed by atoms with Crippen LogP contribution in [0.4, 0.5) is 0 Å². The number of nitrogens with zero attached hydrogens (tertiary/aromatic N) is 1. The standard InChI is InChI=1S/C14H16Br2N2O/c1-14(2,3)18-13(19)12(16)11(15)10-6-4-9(8-17)5-7-10/h4-7,11-12H,1-3H3,(H,18,19)/t11-,12-/m0/s1. The second-order valence-corrected chi connectivity index (χ2v) is 7.25. The molecule has 1 N–H and O–H groups in total. The summed E-state index contributed by atoms with van der Waals surface area (Å²) in [5, 5.41) is 11.7. The topological polar surface area (TPSA) is 52.9 Å². The van der Waals surface area contributed by atoms with Gasteiger partial charge in [-0.3, -0.25) is 4.79 Å². The summed E-state index contributed by atoms with van der Waals surface area (Å²) in [6.45, 7) is 5.82. The molecule has 0 fully saturated rings. The molecule has 1 rings (SSSR count). The fraction of sp³-hybridized carbons (Fsp3) is 0.429. The van der Waals surface area contributed by atoms with Crippen LogP contribution in [0, 0.1) is 11.3 Å². The Bertz CT molecular complexity index is 486. The van der Waals surface area contributed by atoms with Gasteiger partial charge in [-0.25, -0.2) is 0 Å². The van der Waals surface area contributed by atoms with E-state index < -0.39 is 0 Å². The van der Waals surface area contributed by atoms with Crippen molar-refractivity contribution < 1.29 is 4.79 Å². The first kappa shape index (κ1) is 16.2. The molecule has 0 bridgehead atoms. The Hall–Kier alpha value is -0.860. The van der Waals surface area contributed by atoms with Crippen LogP contribution in [0.15, 0.2) is 24.3 Å². The van der Waals surface area contributed by atoms with Crippen LogP contribution in [0.2, 0.25) is 0 Å². The van der Waals surface area contributed by atoms with E-state index in [-0.39, 0.29) is 21.1 Å². The number of hydrogen-bond acceptors (Lipinski definition) is 2. The average Bonchev–Trinajstić information content (AvgIpc) is 2.35. The van der Waals surface area contributed by atoms with E-state index >= 15 is 0 Å². The Morgan fingerprint density at radius 3 is 2.21 bits per heavy atom. The van der Waals surface area contributed by atoms with E-state index in [4.69, 9.17) is 5.26 Å². The summed E-state index contributed by atoms with van der Waals surface area (Å²) in [6, 6.07) is 9.24. The highest BCUT2D eigenvalue weighted by Gasteiger charge is 2.27. The lowest BCUT2D eigenvalue weighted by Gasteiger charge is -2.24. The molecule has 0 radical (unpaired) electrons. The van der Waals surface area contributed by atoms with Crippen LogP contribution in [0.3, 0.4) is 0 Å². The first-order valence-corrected chi connectivity index (χ1v) is 7.68. The van der Waals surface area contributed by atoms with Crippen LogP contribution in [-0.2, 0) is 4.79 Å². The van der Waals surface area contributed by atoms with E-state index in [1.807, 2.05) is 32.9 Å². The molecule has 5 heteroatoms. The molecule has 1 aromatic carbocycles. The van der Waals surface area contributed by atoms with E-state index in [0.717, 1.165) is 5.56 Å². The van der Waals surface area contributed by atoms with Crippen LogP contribution in [0.1, 0.15) is 36.7 Å². The highest BCUT2D eigenvalue weighted by atomic mass is 79.9. The minimum atomic E-state index is -0.375. The summed E-state index contributed by atoms with van der Waals surface area (Å²) in [4.78, 5) is 11.5. The molecule has 0 aliphatic carbocycles. The zero-order valence-corrected chi connectivity index (χ0v) is 14.2. The number of nitriles is 1. The zero-order valence-electron chi connectivity index (χ0n) is 11.1. The monoisotopic (exact) mass is 386 g/mol. The maximum absolute atomic E-state index is 12.1. The Balaban J connectivity index is 2.78. The third kappa shape index (κ3) is 4.96. The molecule has 2 atom stereocenters. The number of alkyl halides is 2. The third-order valence-electron chi connectivity index (χ3n) is 2.36. The van der Waals surface area contributed by atoms with Gasteiger partial charge in [-0.1, -0.05) is 44.0 Å². The first-order valence-electron chi connectivity index (χ1n) is 5.85. The van der Waals surface area contributed by atoms with Gasteiger partial charge in [0.25, 0.3) is 0 Å². The largest absolute Gasteiger partial charge is 0.350 e. The van der Waals surface area contributed by atoms with Crippen LogP contribution in [0.25, 0.3) is 0 Å². The first-order chi connectivity index (χ1) is 8.74. The van der Waals surface area contributed by atoms with E-state index in [2.05, 4.69) is 43.2 Å². The molecule has 102 valence electrons. The van der Waals surface area contributed by atoms with Gasteiger partial charge in [-0.15, -0.1) is 0 Å². The summed E-state index contributed by atoms with van der Waals surface area (Å²) in [5.74, 6) is -0.0706. The molecule has 0 aromatic heterocycles. The number of benzene rings is 1. The van der Waals surface area contributed by atoms with Crippen molar-refractivity contribution in [3.63, 3.8) is 0 Å². The Kier molecular flexibility index (Phi) is 5.57. The minimum absolute atomic E-state index is 0.0706. The van der Waals surface area contributed by atoms with Crippen LogP contribution < -0.4 is 5.32 Å². The molecular formula is C14H16Br2N2O. The highest BCUT2D eigenvalue weighted by Crippen LogP contribution is 2.31. The van der Waals surface area contributed by atoms with Crippen LogP contribution in [-0.4, -0.2) is 16.3 Å². The lowest BCUT2D eigenvalue weighted by Crippen LogP contribution is -2.45. The number of rotatable bonds is 3. The zero-order chi connectivity index (χ0) is 14.6. The molecule has 0 spiro atoms. The average molecular weight is 388 g/mol. The molecular weight excluding hydrogens is 372 g/mol. The van der Waals surface area contributed by atoms with E-state index in [0.29, 0.717) is 5.56 Å². The SMILES string of the molecule is CC(C)(C)NC(=O)[C@@H](Br)[C@@H](Br)c1ccc(C#N)cc1. The van der Waals surface area contributed by atoms with Crippen molar-refractivity contribution in [3.8, 4) is 6.07 Å². The Morgan fingerprint density at radius 2 is 1.79 bits per heavy atom. The van der Waals surface area contributed by atoms with Gasteiger partial charge in [0.05, 0.1) is 16.5 Å². The second-order valence-electron chi connectivity index (χ2n) is 5.28. The summed E-state index contributed by atoms with van der Waals surface area (Å²) in [7, 11) is 0. The quantitative estimate of drug-likeness (QED) is 0.804. The smallest absolute Gasteiger partial charge is 0.235 e. The summed E-state index contributed by atoms with van der Waals surface area (Å²) >= 11 is 6.93. The lowest BCUT2D eigenvalue weighted by molar-refractivity contribution is -0.121. The van der Waals surface area contributed by atoms with Gasteiger partial charge in [-0.05, 0) is 38.5 Å². The van der Waals surface area contributed by atoms with Gasteiger partial charge >= 0.3 is 0 Å². The Labute approximate surface area is 130 Å².